The molecular weight excluding hydrogens is 492 g/mol. The molecule has 1 spiro atoms. The molecular formula is C31H40N4O4. The second kappa shape index (κ2) is 12.1. The number of likely N-dealkylation sites (tertiary alicyclic amines) is 1. The third kappa shape index (κ3) is 5.91. The molecule has 2 aliphatic heterocycles. The smallest absolute Gasteiger partial charge is 0.255 e. The average Bonchev–Trinajstić information content (AvgIpc) is 3.32. The number of benzene rings is 2. The highest BCUT2D eigenvalue weighted by Gasteiger charge is 2.40. The zero-order valence-corrected chi connectivity index (χ0v) is 23.1. The van der Waals surface area contributed by atoms with Crippen LogP contribution in [0.3, 0.4) is 0 Å². The molecule has 0 bridgehead atoms. The predicted molar refractivity (Wildman–Crippen MR) is 152 cm³/mol. The number of rotatable bonds is 4. The van der Waals surface area contributed by atoms with Crippen molar-refractivity contribution in [2.45, 2.75) is 52.1 Å². The Bertz CT molecular complexity index is 1310. The van der Waals surface area contributed by atoms with Gasteiger partial charge in [-0.15, -0.1) is 0 Å². The number of methoxy groups -OCH3 is 1. The van der Waals surface area contributed by atoms with Gasteiger partial charge in [0.05, 0.1) is 24.6 Å². The van der Waals surface area contributed by atoms with Crippen molar-refractivity contribution in [1.29, 1.82) is 0 Å². The van der Waals surface area contributed by atoms with Crippen LogP contribution in [0.25, 0.3) is 10.9 Å². The third-order valence-electron chi connectivity index (χ3n) is 8.34. The first-order chi connectivity index (χ1) is 19.0. The fourth-order valence-electron chi connectivity index (χ4n) is 6.01. The second-order valence-corrected chi connectivity index (χ2v) is 10.7. The molecule has 0 unspecified atom stereocenters. The van der Waals surface area contributed by atoms with E-state index < -0.39 is 0 Å². The van der Waals surface area contributed by atoms with Crippen LogP contribution in [0, 0.1) is 5.41 Å². The zero-order chi connectivity index (χ0) is 27.2. The van der Waals surface area contributed by atoms with E-state index in [4.69, 9.17) is 9.47 Å². The first-order valence-electron chi connectivity index (χ1n) is 14.2. The summed E-state index contributed by atoms with van der Waals surface area (Å²) in [5.41, 5.74) is 2.67. The molecule has 39 heavy (non-hydrogen) atoms. The maximum atomic E-state index is 13.5. The lowest BCUT2D eigenvalue weighted by Crippen LogP contribution is -2.49. The SMILES string of the molecule is CCn1cc(CN2CCC3(CCCCNC(=O)c4ccccc4OCCNC3=O)CC2)c2cc(OC)ccc21. The Morgan fingerprint density at radius 2 is 1.82 bits per heavy atom. The Balaban J connectivity index is 1.25. The fourth-order valence-corrected chi connectivity index (χ4v) is 6.01. The Morgan fingerprint density at radius 3 is 2.62 bits per heavy atom. The van der Waals surface area contributed by atoms with Crippen molar-refractivity contribution < 1.29 is 19.1 Å². The highest BCUT2D eigenvalue weighted by Crippen LogP contribution is 2.38. The molecule has 2 aromatic carbocycles. The molecule has 2 amide bonds. The van der Waals surface area contributed by atoms with Gasteiger partial charge in [-0.25, -0.2) is 0 Å². The molecule has 0 atom stereocenters. The quantitative estimate of drug-likeness (QED) is 0.522. The van der Waals surface area contributed by atoms with Gasteiger partial charge in [0.15, 0.2) is 0 Å². The number of hydrogen-bond acceptors (Lipinski definition) is 5. The number of nitrogens with one attached hydrogen (secondary N) is 2. The van der Waals surface area contributed by atoms with Crippen molar-refractivity contribution >= 4 is 22.7 Å². The van der Waals surface area contributed by atoms with Crippen molar-refractivity contribution in [2.24, 2.45) is 5.41 Å². The number of nitrogens with zero attached hydrogens (tertiary/aromatic N) is 2. The van der Waals surface area contributed by atoms with E-state index in [0.29, 0.717) is 31.0 Å². The highest BCUT2D eigenvalue weighted by molar-refractivity contribution is 5.96. The summed E-state index contributed by atoms with van der Waals surface area (Å²) in [6, 6.07) is 13.5. The number of para-hydroxylation sites is 1. The van der Waals surface area contributed by atoms with Crippen LogP contribution in [0.5, 0.6) is 11.5 Å². The zero-order valence-electron chi connectivity index (χ0n) is 23.1. The lowest BCUT2D eigenvalue weighted by Gasteiger charge is -2.41. The first-order valence-corrected chi connectivity index (χ1v) is 14.2. The average molecular weight is 533 g/mol. The van der Waals surface area contributed by atoms with E-state index in [9.17, 15) is 9.59 Å². The molecule has 1 aromatic heterocycles. The number of ether oxygens (including phenoxy) is 2. The summed E-state index contributed by atoms with van der Waals surface area (Å²) in [6.45, 7) is 7.01. The van der Waals surface area contributed by atoms with E-state index in [-0.39, 0.29) is 17.2 Å². The monoisotopic (exact) mass is 532 g/mol. The fraction of sp³-hybridized carbons (Fsp3) is 0.484. The third-order valence-corrected chi connectivity index (χ3v) is 8.34. The molecule has 8 heteroatoms. The number of aryl methyl sites for hydroxylation is 1. The van der Waals surface area contributed by atoms with Gasteiger partial charge in [-0.1, -0.05) is 18.6 Å². The van der Waals surface area contributed by atoms with Gasteiger partial charge in [-0.05, 0) is 81.6 Å². The highest BCUT2D eigenvalue weighted by atomic mass is 16.5. The van der Waals surface area contributed by atoms with E-state index >= 15 is 0 Å². The van der Waals surface area contributed by atoms with Crippen molar-refractivity contribution in [1.82, 2.24) is 20.1 Å². The van der Waals surface area contributed by atoms with Crippen molar-refractivity contribution in [3.63, 3.8) is 0 Å². The Morgan fingerprint density at radius 1 is 1.00 bits per heavy atom. The van der Waals surface area contributed by atoms with Gasteiger partial charge in [0, 0.05) is 36.7 Å². The van der Waals surface area contributed by atoms with E-state index in [1.165, 1.54) is 16.5 Å². The van der Waals surface area contributed by atoms with Crippen LogP contribution in [-0.4, -0.2) is 61.2 Å². The maximum absolute atomic E-state index is 13.5. The van der Waals surface area contributed by atoms with Gasteiger partial charge >= 0.3 is 0 Å². The van der Waals surface area contributed by atoms with Crippen LogP contribution < -0.4 is 20.1 Å². The van der Waals surface area contributed by atoms with Crippen molar-refractivity contribution in [3.8, 4) is 11.5 Å². The summed E-state index contributed by atoms with van der Waals surface area (Å²) in [7, 11) is 1.71. The first kappa shape index (κ1) is 27.1. The van der Waals surface area contributed by atoms with Gasteiger partial charge in [0.2, 0.25) is 5.91 Å². The number of piperidine rings is 1. The van der Waals surface area contributed by atoms with E-state index in [1.54, 1.807) is 19.2 Å². The summed E-state index contributed by atoms with van der Waals surface area (Å²) < 4.78 is 13.7. The maximum Gasteiger partial charge on any atom is 0.255 e. The van der Waals surface area contributed by atoms with Crippen LogP contribution in [0.2, 0.25) is 0 Å². The summed E-state index contributed by atoms with van der Waals surface area (Å²) in [4.78, 5) is 28.7. The lowest BCUT2D eigenvalue weighted by atomic mass is 9.73. The molecule has 2 N–H and O–H groups in total. The molecule has 3 aromatic rings. The van der Waals surface area contributed by atoms with Crippen LogP contribution in [0.15, 0.2) is 48.7 Å². The van der Waals surface area contributed by atoms with Gasteiger partial charge in [-0.3, -0.25) is 14.5 Å². The van der Waals surface area contributed by atoms with E-state index in [2.05, 4.69) is 45.4 Å². The van der Waals surface area contributed by atoms with Crippen molar-refractivity contribution in [2.75, 3.05) is 39.9 Å². The molecule has 0 radical (unpaired) electrons. The molecule has 208 valence electrons. The molecule has 0 aliphatic carbocycles. The molecule has 3 heterocycles. The molecule has 5 rings (SSSR count). The summed E-state index contributed by atoms with van der Waals surface area (Å²) >= 11 is 0. The number of hydrogen-bond donors (Lipinski definition) is 2. The Kier molecular flexibility index (Phi) is 8.41. The molecule has 8 nitrogen and oxygen atoms in total. The van der Waals surface area contributed by atoms with E-state index in [0.717, 1.165) is 64.0 Å². The largest absolute Gasteiger partial charge is 0.497 e. The normalized spacial score (nSPS) is 19.0. The topological polar surface area (TPSA) is 84.8 Å². The number of carbonyl (C=O) groups is 2. The summed E-state index contributed by atoms with van der Waals surface area (Å²) in [5.74, 6) is 1.44. The lowest BCUT2D eigenvalue weighted by molar-refractivity contribution is -0.134. The predicted octanol–water partition coefficient (Wildman–Crippen LogP) is 4.36. The Labute approximate surface area is 230 Å². The van der Waals surface area contributed by atoms with Crippen LogP contribution in [0.1, 0.15) is 54.9 Å². The van der Waals surface area contributed by atoms with Crippen LogP contribution in [-0.2, 0) is 17.9 Å². The number of fused-ring (bicyclic) bond motifs is 2. The number of aromatic nitrogens is 1. The summed E-state index contributed by atoms with van der Waals surface area (Å²) in [5, 5.41) is 7.40. The second-order valence-electron chi connectivity index (χ2n) is 10.7. The van der Waals surface area contributed by atoms with Crippen molar-refractivity contribution in [3.05, 3.63) is 59.8 Å². The minimum Gasteiger partial charge on any atom is -0.497 e. The summed E-state index contributed by atoms with van der Waals surface area (Å²) in [6.07, 6.45) is 6.47. The van der Waals surface area contributed by atoms with Crippen LogP contribution in [0.4, 0.5) is 0 Å². The Hall–Kier alpha value is -3.52. The molecule has 0 saturated carbocycles. The molecule has 1 saturated heterocycles. The van der Waals surface area contributed by atoms with Gasteiger partial charge in [-0.2, -0.15) is 0 Å². The molecule has 1 fully saturated rings. The van der Waals surface area contributed by atoms with Gasteiger partial charge in [0.25, 0.3) is 5.91 Å². The van der Waals surface area contributed by atoms with Crippen LogP contribution >= 0.6 is 0 Å². The molecule has 2 aliphatic rings. The number of amides is 2. The van der Waals surface area contributed by atoms with Gasteiger partial charge < -0.3 is 24.7 Å². The standard InChI is InChI=1S/C31H40N4O4/c1-3-35-22-23(26-20-24(38-2)10-11-27(26)35)21-34-17-13-31(14-18-34)12-6-7-15-32-29(36)25-8-4-5-9-28(25)39-19-16-33-30(31)37/h4-5,8-11,20,22H,3,6-7,12-19,21H2,1-2H3,(H,32,36)(H,33,37). The minimum absolute atomic E-state index is 0.114. The minimum atomic E-state index is -0.386. The number of carbonyl (C=O) groups excluding carboxylic acids is 2. The van der Waals surface area contributed by atoms with Gasteiger partial charge in [0.1, 0.15) is 18.1 Å². The van der Waals surface area contributed by atoms with E-state index in [1.807, 2.05) is 18.2 Å².